The highest BCUT2D eigenvalue weighted by atomic mass is 16.4. The van der Waals surface area contributed by atoms with Crippen molar-refractivity contribution in [3.05, 3.63) is 11.8 Å². The van der Waals surface area contributed by atoms with Crippen LogP contribution in [-0.2, 0) is 4.79 Å². The van der Waals surface area contributed by atoms with Crippen molar-refractivity contribution in [1.82, 2.24) is 0 Å². The van der Waals surface area contributed by atoms with Gasteiger partial charge in [-0.2, -0.15) is 0 Å². The summed E-state index contributed by atoms with van der Waals surface area (Å²) in [6.45, 7) is 0. The SMILES string of the molecule is O=C(O)c1cc2c(o1)NC1(CC1)C(=O)N2. The van der Waals surface area contributed by atoms with Gasteiger partial charge in [-0.3, -0.25) is 4.79 Å². The molecule has 0 atom stereocenters. The van der Waals surface area contributed by atoms with Crippen LogP contribution in [0.2, 0.25) is 0 Å². The summed E-state index contributed by atoms with van der Waals surface area (Å²) in [6.07, 6.45) is 1.50. The van der Waals surface area contributed by atoms with Crippen molar-refractivity contribution >= 4 is 23.4 Å². The summed E-state index contributed by atoms with van der Waals surface area (Å²) in [5.74, 6) is -1.10. The van der Waals surface area contributed by atoms with E-state index in [-0.39, 0.29) is 11.7 Å². The van der Waals surface area contributed by atoms with E-state index in [1.54, 1.807) is 0 Å². The standard InChI is InChI=1S/C9H8N2O4/c12-7(13)5-3-4-6(15-5)11-9(1-2-9)8(14)10-4/h3,11H,1-2H2,(H,10,14)(H,12,13). The molecule has 6 nitrogen and oxygen atoms in total. The molecule has 0 aromatic carbocycles. The topological polar surface area (TPSA) is 91.6 Å². The van der Waals surface area contributed by atoms with Gasteiger partial charge in [0, 0.05) is 6.07 Å². The number of furan rings is 1. The van der Waals surface area contributed by atoms with Crippen molar-refractivity contribution in [2.45, 2.75) is 18.4 Å². The van der Waals surface area contributed by atoms with Crippen LogP contribution in [0.3, 0.4) is 0 Å². The predicted octanol–water partition coefficient (Wildman–Crippen LogP) is 0.874. The fourth-order valence-electron chi connectivity index (χ4n) is 1.68. The lowest BCUT2D eigenvalue weighted by Gasteiger charge is -2.22. The molecule has 15 heavy (non-hydrogen) atoms. The van der Waals surface area contributed by atoms with Crippen LogP contribution in [-0.4, -0.2) is 22.5 Å². The molecule has 0 bridgehead atoms. The van der Waals surface area contributed by atoms with Gasteiger partial charge in [0.2, 0.25) is 17.6 Å². The van der Waals surface area contributed by atoms with E-state index >= 15 is 0 Å². The molecule has 1 aliphatic heterocycles. The molecule has 1 fully saturated rings. The smallest absolute Gasteiger partial charge is 0.371 e. The van der Waals surface area contributed by atoms with Crippen molar-refractivity contribution in [2.75, 3.05) is 10.6 Å². The Balaban J connectivity index is 2.02. The van der Waals surface area contributed by atoms with Crippen LogP contribution in [0.5, 0.6) is 0 Å². The first kappa shape index (κ1) is 8.34. The van der Waals surface area contributed by atoms with Gasteiger partial charge >= 0.3 is 5.97 Å². The van der Waals surface area contributed by atoms with Crippen molar-refractivity contribution in [3.63, 3.8) is 0 Å². The van der Waals surface area contributed by atoms with Crippen LogP contribution in [0, 0.1) is 0 Å². The quantitative estimate of drug-likeness (QED) is 0.637. The molecule has 6 heteroatoms. The van der Waals surface area contributed by atoms with E-state index in [1.807, 2.05) is 0 Å². The van der Waals surface area contributed by atoms with Crippen molar-refractivity contribution in [3.8, 4) is 0 Å². The molecule has 1 aromatic rings. The average Bonchev–Trinajstić information content (AvgIpc) is 2.81. The summed E-state index contributed by atoms with van der Waals surface area (Å²) in [5, 5.41) is 14.3. The molecule has 1 saturated carbocycles. The van der Waals surface area contributed by atoms with Gasteiger partial charge in [-0.25, -0.2) is 4.79 Å². The summed E-state index contributed by atoms with van der Waals surface area (Å²) < 4.78 is 5.07. The molecule has 78 valence electrons. The maximum Gasteiger partial charge on any atom is 0.371 e. The molecular weight excluding hydrogens is 200 g/mol. The maximum absolute atomic E-state index is 11.6. The van der Waals surface area contributed by atoms with Crippen LogP contribution in [0.4, 0.5) is 11.6 Å². The molecule has 1 amide bonds. The molecule has 1 aromatic heterocycles. The molecule has 0 radical (unpaired) electrons. The third kappa shape index (κ3) is 1.04. The zero-order valence-corrected chi connectivity index (χ0v) is 7.66. The first-order chi connectivity index (χ1) is 7.11. The zero-order chi connectivity index (χ0) is 10.6. The fraction of sp³-hybridized carbons (Fsp3) is 0.333. The van der Waals surface area contributed by atoms with Crippen molar-refractivity contribution in [2.24, 2.45) is 0 Å². The molecule has 0 unspecified atom stereocenters. The summed E-state index contributed by atoms with van der Waals surface area (Å²) in [6, 6.07) is 1.30. The summed E-state index contributed by atoms with van der Waals surface area (Å²) in [7, 11) is 0. The van der Waals surface area contributed by atoms with Gasteiger partial charge in [-0.05, 0) is 12.8 Å². The van der Waals surface area contributed by atoms with E-state index in [4.69, 9.17) is 9.52 Å². The van der Waals surface area contributed by atoms with E-state index in [0.29, 0.717) is 11.6 Å². The van der Waals surface area contributed by atoms with Crippen LogP contribution >= 0.6 is 0 Å². The molecule has 1 spiro atoms. The van der Waals surface area contributed by atoms with E-state index in [2.05, 4.69) is 10.6 Å². The number of anilines is 2. The third-order valence-corrected chi connectivity index (χ3v) is 2.73. The first-order valence-corrected chi connectivity index (χ1v) is 4.57. The molecular formula is C9H8N2O4. The number of fused-ring (bicyclic) bond motifs is 1. The van der Waals surface area contributed by atoms with Gasteiger partial charge in [0.25, 0.3) is 0 Å². The largest absolute Gasteiger partial charge is 0.475 e. The molecule has 0 saturated heterocycles. The highest BCUT2D eigenvalue weighted by Gasteiger charge is 2.53. The second kappa shape index (κ2) is 2.33. The minimum Gasteiger partial charge on any atom is -0.475 e. The zero-order valence-electron chi connectivity index (χ0n) is 7.66. The summed E-state index contributed by atoms with van der Waals surface area (Å²) in [4.78, 5) is 22.2. The van der Waals surface area contributed by atoms with E-state index in [0.717, 1.165) is 12.8 Å². The molecule has 1 aliphatic carbocycles. The Morgan fingerprint density at radius 1 is 1.53 bits per heavy atom. The van der Waals surface area contributed by atoms with E-state index in [9.17, 15) is 9.59 Å². The highest BCUT2D eigenvalue weighted by molar-refractivity contribution is 6.08. The number of carbonyl (C=O) groups excluding carboxylic acids is 1. The number of aromatic carboxylic acids is 1. The predicted molar refractivity (Wildman–Crippen MR) is 49.9 cm³/mol. The van der Waals surface area contributed by atoms with Crippen LogP contribution in [0.25, 0.3) is 0 Å². The number of carboxylic acids is 1. The molecule has 3 N–H and O–H groups in total. The minimum absolute atomic E-state index is 0.118. The number of nitrogens with one attached hydrogen (secondary N) is 2. The minimum atomic E-state index is -1.15. The van der Waals surface area contributed by atoms with Gasteiger partial charge in [0.1, 0.15) is 11.2 Å². The third-order valence-electron chi connectivity index (χ3n) is 2.73. The Morgan fingerprint density at radius 3 is 2.87 bits per heavy atom. The van der Waals surface area contributed by atoms with Gasteiger partial charge < -0.3 is 20.2 Å². The van der Waals surface area contributed by atoms with E-state index in [1.165, 1.54) is 6.07 Å². The Bertz CT molecular complexity index is 472. The number of carboxylic acid groups (broad SMARTS) is 1. The first-order valence-electron chi connectivity index (χ1n) is 4.57. The van der Waals surface area contributed by atoms with Crippen molar-refractivity contribution < 1.29 is 19.1 Å². The summed E-state index contributed by atoms with van der Waals surface area (Å²) in [5.41, 5.74) is -0.157. The molecule has 2 heterocycles. The second-order valence-corrected chi connectivity index (χ2v) is 3.82. The Hall–Kier alpha value is -1.98. The monoisotopic (exact) mass is 208 g/mol. The lowest BCUT2D eigenvalue weighted by molar-refractivity contribution is -0.117. The number of hydrogen-bond donors (Lipinski definition) is 3. The molecule has 2 aliphatic rings. The van der Waals surface area contributed by atoms with Gasteiger partial charge in [-0.15, -0.1) is 0 Å². The highest BCUT2D eigenvalue weighted by Crippen LogP contribution is 2.45. The second-order valence-electron chi connectivity index (χ2n) is 3.82. The van der Waals surface area contributed by atoms with Gasteiger partial charge in [0.15, 0.2) is 0 Å². The molecule has 3 rings (SSSR count). The number of rotatable bonds is 1. The van der Waals surface area contributed by atoms with Crippen LogP contribution < -0.4 is 10.6 Å². The van der Waals surface area contributed by atoms with Gasteiger partial charge in [-0.1, -0.05) is 0 Å². The average molecular weight is 208 g/mol. The fourth-order valence-corrected chi connectivity index (χ4v) is 1.68. The van der Waals surface area contributed by atoms with Crippen LogP contribution in [0.15, 0.2) is 10.5 Å². The van der Waals surface area contributed by atoms with Crippen molar-refractivity contribution in [1.29, 1.82) is 0 Å². The number of hydrogen-bond acceptors (Lipinski definition) is 4. The Labute approximate surface area is 84.3 Å². The maximum atomic E-state index is 11.6. The number of carbonyl (C=O) groups is 2. The lowest BCUT2D eigenvalue weighted by Crippen LogP contribution is -2.40. The lowest BCUT2D eigenvalue weighted by atomic mass is 10.2. The van der Waals surface area contributed by atoms with Gasteiger partial charge in [0.05, 0.1) is 0 Å². The Kier molecular flexibility index (Phi) is 1.30. The normalized spacial score (nSPS) is 20.4. The van der Waals surface area contributed by atoms with Crippen LogP contribution in [0.1, 0.15) is 23.4 Å². The Morgan fingerprint density at radius 2 is 2.27 bits per heavy atom. The number of amides is 1. The summed E-state index contributed by atoms with van der Waals surface area (Å²) >= 11 is 0. The van der Waals surface area contributed by atoms with E-state index < -0.39 is 11.5 Å².